The molecule has 4 aromatic carbocycles. The first kappa shape index (κ1) is 21.5. The minimum Gasteiger partial charge on any atom is -0.481 e. The predicted molar refractivity (Wildman–Crippen MR) is 133 cm³/mol. The lowest BCUT2D eigenvalue weighted by molar-refractivity contribution is -0.121. The van der Waals surface area contributed by atoms with Gasteiger partial charge < -0.3 is 15.0 Å². The fourth-order valence-corrected chi connectivity index (χ4v) is 4.22. The Morgan fingerprint density at radius 3 is 2.03 bits per heavy atom. The molecular formula is C29H24N2O3. The number of carbonyl (C=O) groups excluding carboxylic acids is 2. The Hall–Kier alpha value is -4.38. The number of amides is 2. The van der Waals surface area contributed by atoms with Crippen LogP contribution in [0.1, 0.15) is 22.6 Å². The lowest BCUT2D eigenvalue weighted by atomic mass is 9.90. The van der Waals surface area contributed by atoms with Crippen LogP contribution in [0.4, 0.5) is 11.4 Å². The smallest absolute Gasteiger partial charge is 0.265 e. The number of rotatable bonds is 6. The van der Waals surface area contributed by atoms with Crippen molar-refractivity contribution in [2.45, 2.75) is 12.5 Å². The molecule has 0 atom stereocenters. The largest absolute Gasteiger partial charge is 0.481 e. The topological polar surface area (TPSA) is 58.6 Å². The summed E-state index contributed by atoms with van der Waals surface area (Å²) >= 11 is 0. The van der Waals surface area contributed by atoms with Gasteiger partial charge in [0.15, 0.2) is 6.61 Å². The number of hydrogen-bond acceptors (Lipinski definition) is 3. The number of anilines is 2. The fraction of sp³-hybridized carbons (Fsp3) is 0.103. The average Bonchev–Trinajstić information content (AvgIpc) is 2.88. The second-order valence-corrected chi connectivity index (χ2v) is 8.18. The van der Waals surface area contributed by atoms with E-state index >= 15 is 0 Å². The van der Waals surface area contributed by atoms with Gasteiger partial charge in [-0.25, -0.2) is 0 Å². The van der Waals surface area contributed by atoms with Gasteiger partial charge in [-0.3, -0.25) is 9.59 Å². The van der Waals surface area contributed by atoms with E-state index in [1.54, 1.807) is 11.0 Å². The van der Waals surface area contributed by atoms with Gasteiger partial charge in [-0.2, -0.15) is 0 Å². The van der Waals surface area contributed by atoms with Crippen molar-refractivity contribution in [1.82, 2.24) is 0 Å². The van der Waals surface area contributed by atoms with Crippen LogP contribution < -0.4 is 15.0 Å². The van der Waals surface area contributed by atoms with Crippen LogP contribution in [0.3, 0.4) is 0 Å². The molecule has 0 spiro atoms. The van der Waals surface area contributed by atoms with Crippen molar-refractivity contribution < 1.29 is 14.3 Å². The van der Waals surface area contributed by atoms with Gasteiger partial charge in [-0.05, 0) is 28.8 Å². The van der Waals surface area contributed by atoms with Gasteiger partial charge in [0.2, 0.25) is 5.91 Å². The molecule has 0 fully saturated rings. The van der Waals surface area contributed by atoms with Crippen LogP contribution in [0.15, 0.2) is 109 Å². The van der Waals surface area contributed by atoms with Crippen LogP contribution in [-0.2, 0) is 16.1 Å². The molecule has 0 aliphatic carbocycles. The molecule has 1 aliphatic heterocycles. The van der Waals surface area contributed by atoms with Gasteiger partial charge in [0.25, 0.3) is 5.91 Å². The maximum Gasteiger partial charge on any atom is 0.265 e. The summed E-state index contributed by atoms with van der Waals surface area (Å²) in [5.41, 5.74) is 4.19. The van der Waals surface area contributed by atoms with Crippen LogP contribution in [0.25, 0.3) is 0 Å². The van der Waals surface area contributed by atoms with Gasteiger partial charge in [-0.15, -0.1) is 0 Å². The predicted octanol–water partition coefficient (Wildman–Crippen LogP) is 5.38. The van der Waals surface area contributed by atoms with Crippen molar-refractivity contribution in [3.8, 4) is 5.75 Å². The first-order chi connectivity index (χ1) is 16.7. The summed E-state index contributed by atoms with van der Waals surface area (Å²) < 4.78 is 5.71. The van der Waals surface area contributed by atoms with Crippen molar-refractivity contribution in [2.24, 2.45) is 0 Å². The molecule has 5 rings (SSSR count). The molecular weight excluding hydrogens is 424 g/mol. The molecule has 1 heterocycles. The lowest BCUT2D eigenvalue weighted by Crippen LogP contribution is -2.38. The van der Waals surface area contributed by atoms with E-state index in [2.05, 4.69) is 5.32 Å². The zero-order chi connectivity index (χ0) is 23.3. The van der Waals surface area contributed by atoms with Gasteiger partial charge in [0.1, 0.15) is 5.75 Å². The maximum absolute atomic E-state index is 13.4. The molecule has 2 amide bonds. The Balaban J connectivity index is 1.40. The zero-order valence-electron chi connectivity index (χ0n) is 18.6. The highest BCUT2D eigenvalue weighted by Crippen LogP contribution is 2.36. The Morgan fingerprint density at radius 1 is 0.824 bits per heavy atom. The molecule has 0 aromatic heterocycles. The summed E-state index contributed by atoms with van der Waals surface area (Å²) in [4.78, 5) is 27.7. The maximum atomic E-state index is 13.4. The Labute approximate surface area is 198 Å². The summed E-state index contributed by atoms with van der Waals surface area (Å²) in [5, 5.41) is 3.04. The molecule has 0 saturated carbocycles. The number of nitrogens with one attached hydrogen (secondary N) is 1. The minimum absolute atomic E-state index is 0.0338. The average molecular weight is 449 g/mol. The van der Waals surface area contributed by atoms with E-state index in [0.717, 1.165) is 16.7 Å². The number of ether oxygens (including phenoxy) is 1. The molecule has 1 aliphatic rings. The first-order valence-electron chi connectivity index (χ1n) is 11.2. The summed E-state index contributed by atoms with van der Waals surface area (Å²) in [6, 6.07) is 34.7. The van der Waals surface area contributed by atoms with Crippen molar-refractivity contribution in [3.63, 3.8) is 0 Å². The second kappa shape index (κ2) is 9.63. The zero-order valence-corrected chi connectivity index (χ0v) is 18.6. The normalized spacial score (nSPS) is 12.7. The molecule has 0 saturated heterocycles. The standard InChI is InChI=1S/C29H24N2O3/c32-27-20-34-26-18-24(16-17-25(26)31(27)19-21-10-4-1-5-11-21)30-29(33)28(22-12-6-2-7-13-22)23-14-8-3-9-15-23/h1-18,28H,19-20H2,(H,30,33). The molecule has 0 radical (unpaired) electrons. The highest BCUT2D eigenvalue weighted by Gasteiger charge is 2.27. The number of benzene rings is 4. The lowest BCUT2D eigenvalue weighted by Gasteiger charge is -2.30. The first-order valence-corrected chi connectivity index (χ1v) is 11.2. The van der Waals surface area contributed by atoms with E-state index in [0.29, 0.717) is 23.7 Å². The van der Waals surface area contributed by atoms with Gasteiger partial charge in [-0.1, -0.05) is 91.0 Å². The van der Waals surface area contributed by atoms with E-state index in [-0.39, 0.29) is 18.4 Å². The van der Waals surface area contributed by atoms with Crippen LogP contribution >= 0.6 is 0 Å². The Morgan fingerprint density at radius 2 is 1.41 bits per heavy atom. The minimum atomic E-state index is -0.449. The number of fused-ring (bicyclic) bond motifs is 1. The van der Waals surface area contributed by atoms with Gasteiger partial charge in [0.05, 0.1) is 18.2 Å². The third-order valence-electron chi connectivity index (χ3n) is 5.88. The monoisotopic (exact) mass is 448 g/mol. The molecule has 0 unspecified atom stereocenters. The van der Waals surface area contributed by atoms with Crippen LogP contribution in [-0.4, -0.2) is 18.4 Å². The van der Waals surface area contributed by atoms with Crippen LogP contribution in [0, 0.1) is 0 Å². The molecule has 34 heavy (non-hydrogen) atoms. The van der Waals surface area contributed by atoms with Crippen molar-refractivity contribution >= 4 is 23.2 Å². The van der Waals surface area contributed by atoms with E-state index in [9.17, 15) is 9.59 Å². The summed E-state index contributed by atoms with van der Waals surface area (Å²) in [7, 11) is 0. The third kappa shape index (κ3) is 4.55. The van der Waals surface area contributed by atoms with E-state index in [4.69, 9.17) is 4.74 Å². The van der Waals surface area contributed by atoms with E-state index in [1.807, 2.05) is 103 Å². The highest BCUT2D eigenvalue weighted by atomic mass is 16.5. The second-order valence-electron chi connectivity index (χ2n) is 8.18. The van der Waals surface area contributed by atoms with Crippen LogP contribution in [0.2, 0.25) is 0 Å². The van der Waals surface area contributed by atoms with Crippen LogP contribution in [0.5, 0.6) is 5.75 Å². The van der Waals surface area contributed by atoms with Crippen molar-refractivity contribution in [1.29, 1.82) is 0 Å². The van der Waals surface area contributed by atoms with Crippen molar-refractivity contribution in [2.75, 3.05) is 16.8 Å². The highest BCUT2D eigenvalue weighted by molar-refractivity contribution is 6.00. The van der Waals surface area contributed by atoms with E-state index < -0.39 is 5.92 Å². The number of hydrogen-bond donors (Lipinski definition) is 1. The molecule has 5 nitrogen and oxygen atoms in total. The number of nitrogens with zero attached hydrogens (tertiary/aromatic N) is 1. The molecule has 0 bridgehead atoms. The fourth-order valence-electron chi connectivity index (χ4n) is 4.22. The molecule has 5 heteroatoms. The van der Waals surface area contributed by atoms with E-state index in [1.165, 1.54) is 0 Å². The molecule has 168 valence electrons. The summed E-state index contributed by atoms with van der Waals surface area (Å²) in [6.45, 7) is 0.430. The number of carbonyl (C=O) groups is 2. The third-order valence-corrected chi connectivity index (χ3v) is 5.88. The SMILES string of the molecule is O=C(Nc1ccc2c(c1)OCC(=O)N2Cc1ccccc1)C(c1ccccc1)c1ccccc1. The van der Waals surface area contributed by atoms with Gasteiger partial charge >= 0.3 is 0 Å². The van der Waals surface area contributed by atoms with Gasteiger partial charge in [0, 0.05) is 11.8 Å². The molecule has 1 N–H and O–H groups in total. The molecule has 4 aromatic rings. The Bertz CT molecular complexity index is 1250. The van der Waals surface area contributed by atoms with Crippen molar-refractivity contribution in [3.05, 3.63) is 126 Å². The summed E-state index contributed by atoms with van der Waals surface area (Å²) in [5.74, 6) is -0.105. The Kier molecular flexibility index (Phi) is 6.08. The summed E-state index contributed by atoms with van der Waals surface area (Å²) in [6.07, 6.45) is 0. The quantitative estimate of drug-likeness (QED) is 0.431.